The lowest BCUT2D eigenvalue weighted by molar-refractivity contribution is -0.192. The van der Waals surface area contributed by atoms with Gasteiger partial charge in [-0.25, -0.2) is 4.79 Å². The maximum absolute atomic E-state index is 11.3. The molecule has 0 unspecified atom stereocenters. The van der Waals surface area contributed by atoms with Crippen LogP contribution in [0.5, 0.6) is 0 Å². The number of carbonyl (C=O) groups excluding carboxylic acids is 1. The summed E-state index contributed by atoms with van der Waals surface area (Å²) in [5.41, 5.74) is 9.34. The van der Waals surface area contributed by atoms with Gasteiger partial charge in [0.2, 0.25) is 5.91 Å². The number of hydrogen-bond donors (Lipinski definition) is 3. The number of benzene rings is 2. The molecule has 0 bridgehead atoms. The van der Waals surface area contributed by atoms with Gasteiger partial charge in [0.1, 0.15) is 0 Å². The lowest BCUT2D eigenvalue weighted by Gasteiger charge is -2.16. The van der Waals surface area contributed by atoms with Crippen LogP contribution in [0.15, 0.2) is 48.5 Å². The average molecular weight is 436 g/mol. The Bertz CT molecular complexity index is 859. The predicted octanol–water partition coefficient (Wildman–Crippen LogP) is 4.90. The van der Waals surface area contributed by atoms with Gasteiger partial charge in [0.15, 0.2) is 0 Å². The molecule has 1 aliphatic carbocycles. The van der Waals surface area contributed by atoms with Crippen LogP contribution < -0.4 is 11.1 Å². The third kappa shape index (κ3) is 8.41. The van der Waals surface area contributed by atoms with Crippen LogP contribution in [0.1, 0.15) is 54.4 Å². The Labute approximate surface area is 179 Å². The number of nitrogens with one attached hydrogen (secondary N) is 1. The van der Waals surface area contributed by atoms with Crippen LogP contribution in [-0.2, 0) is 11.3 Å². The van der Waals surface area contributed by atoms with Crippen molar-refractivity contribution in [1.29, 1.82) is 0 Å². The van der Waals surface area contributed by atoms with Crippen molar-refractivity contribution in [3.63, 3.8) is 0 Å². The van der Waals surface area contributed by atoms with Gasteiger partial charge in [0.25, 0.3) is 0 Å². The molecule has 1 aliphatic rings. The van der Waals surface area contributed by atoms with E-state index in [-0.39, 0.29) is 5.91 Å². The fourth-order valence-electron chi connectivity index (χ4n) is 3.41. The van der Waals surface area contributed by atoms with Crippen LogP contribution in [0, 0.1) is 0 Å². The quantitative estimate of drug-likeness (QED) is 0.582. The molecule has 2 aromatic rings. The minimum Gasteiger partial charge on any atom is -0.475 e. The molecule has 0 radical (unpaired) electrons. The first kappa shape index (κ1) is 24.4. The van der Waals surface area contributed by atoms with Gasteiger partial charge in [-0.1, -0.05) is 62.1 Å². The second kappa shape index (κ2) is 11.5. The highest BCUT2D eigenvalue weighted by Gasteiger charge is 2.38. The van der Waals surface area contributed by atoms with E-state index in [0.29, 0.717) is 11.6 Å². The van der Waals surface area contributed by atoms with Crippen molar-refractivity contribution in [1.82, 2.24) is 5.32 Å². The minimum absolute atomic E-state index is 0.388. The van der Waals surface area contributed by atoms with Crippen LogP contribution >= 0.6 is 0 Å². The Morgan fingerprint density at radius 1 is 0.968 bits per heavy atom. The summed E-state index contributed by atoms with van der Waals surface area (Å²) in [5, 5.41) is 10.8. The molecule has 31 heavy (non-hydrogen) atoms. The second-order valence-electron chi connectivity index (χ2n) is 7.51. The molecule has 5 nitrogen and oxygen atoms in total. The van der Waals surface area contributed by atoms with Gasteiger partial charge >= 0.3 is 12.1 Å². The summed E-state index contributed by atoms with van der Waals surface area (Å²) in [6.45, 7) is 0.923. The van der Waals surface area contributed by atoms with Crippen molar-refractivity contribution in [3.05, 3.63) is 59.7 Å². The smallest absolute Gasteiger partial charge is 0.475 e. The fraction of sp³-hybridized carbons (Fsp3) is 0.391. The zero-order valence-electron chi connectivity index (χ0n) is 17.1. The van der Waals surface area contributed by atoms with Crippen LogP contribution in [-0.4, -0.2) is 29.2 Å². The third-order valence-corrected chi connectivity index (χ3v) is 5.13. The zero-order valence-corrected chi connectivity index (χ0v) is 17.1. The lowest BCUT2D eigenvalue weighted by Crippen LogP contribution is -2.27. The van der Waals surface area contributed by atoms with Gasteiger partial charge in [-0.2, -0.15) is 13.2 Å². The van der Waals surface area contributed by atoms with Crippen LogP contribution in [0.25, 0.3) is 11.1 Å². The van der Waals surface area contributed by atoms with Crippen molar-refractivity contribution >= 4 is 11.9 Å². The Morgan fingerprint density at radius 2 is 1.55 bits per heavy atom. The van der Waals surface area contributed by atoms with E-state index in [9.17, 15) is 18.0 Å². The summed E-state index contributed by atoms with van der Waals surface area (Å²) in [6, 6.07) is 16.7. The molecule has 0 atom stereocenters. The number of rotatable bonds is 5. The molecular weight excluding hydrogens is 409 g/mol. The van der Waals surface area contributed by atoms with E-state index in [1.165, 1.54) is 44.1 Å². The lowest BCUT2D eigenvalue weighted by atomic mass is 10.0. The van der Waals surface area contributed by atoms with Crippen molar-refractivity contribution < 1.29 is 27.9 Å². The highest BCUT2D eigenvalue weighted by atomic mass is 19.4. The summed E-state index contributed by atoms with van der Waals surface area (Å²) in [7, 11) is 0. The van der Waals surface area contributed by atoms with E-state index < -0.39 is 12.1 Å². The number of carbonyl (C=O) groups is 2. The van der Waals surface area contributed by atoms with Crippen LogP contribution in [0.3, 0.4) is 0 Å². The molecular formula is C23H27F3N2O3. The van der Waals surface area contributed by atoms with Crippen molar-refractivity contribution in [3.8, 4) is 11.1 Å². The number of amides is 1. The molecule has 1 amide bonds. The summed E-state index contributed by atoms with van der Waals surface area (Å²) in [6.07, 6.45) is 3.00. The monoisotopic (exact) mass is 436 g/mol. The number of halogens is 3. The van der Waals surface area contributed by atoms with Gasteiger partial charge in [-0.05, 0) is 41.7 Å². The van der Waals surface area contributed by atoms with Gasteiger partial charge in [0.05, 0.1) is 0 Å². The molecule has 1 fully saturated rings. The largest absolute Gasteiger partial charge is 0.490 e. The summed E-state index contributed by atoms with van der Waals surface area (Å²) >= 11 is 0. The predicted molar refractivity (Wildman–Crippen MR) is 112 cm³/mol. The Kier molecular flexibility index (Phi) is 9.05. The molecule has 168 valence electrons. The van der Waals surface area contributed by atoms with Crippen molar-refractivity contribution in [2.45, 2.75) is 57.3 Å². The highest BCUT2D eigenvalue weighted by molar-refractivity contribution is 5.94. The molecule has 3 rings (SSSR count). The maximum atomic E-state index is 11.3. The number of carboxylic acids is 1. The van der Waals surface area contributed by atoms with Crippen molar-refractivity contribution in [2.24, 2.45) is 5.73 Å². The Hall–Kier alpha value is -2.87. The zero-order chi connectivity index (χ0) is 22.9. The summed E-state index contributed by atoms with van der Waals surface area (Å²) in [4.78, 5) is 20.2. The maximum Gasteiger partial charge on any atom is 0.490 e. The Balaban J connectivity index is 0.000000423. The number of alkyl halides is 3. The first-order valence-electron chi connectivity index (χ1n) is 10.2. The van der Waals surface area contributed by atoms with Gasteiger partial charge in [0, 0.05) is 18.2 Å². The van der Waals surface area contributed by atoms with Crippen molar-refractivity contribution in [2.75, 3.05) is 0 Å². The standard InChI is InChI=1S/C21H26N2O.C2HF3O2/c22-21(24)19-7-5-6-18(14-19)17-12-10-16(11-13-17)15-23-20-8-3-1-2-4-9-20;3-2(4,5)1(6)7/h5-7,10-14,20,23H,1-4,8-9,15H2,(H2,22,24);(H,6,7). The van der Waals surface area contributed by atoms with E-state index in [0.717, 1.165) is 17.7 Å². The van der Waals surface area contributed by atoms with Crippen LogP contribution in [0.4, 0.5) is 13.2 Å². The normalized spacial score (nSPS) is 14.8. The van der Waals surface area contributed by atoms with E-state index >= 15 is 0 Å². The first-order chi connectivity index (χ1) is 14.7. The molecule has 0 aromatic heterocycles. The second-order valence-corrected chi connectivity index (χ2v) is 7.51. The molecule has 0 heterocycles. The first-order valence-corrected chi connectivity index (χ1v) is 10.2. The molecule has 2 aromatic carbocycles. The molecule has 8 heteroatoms. The number of carboxylic acid groups (broad SMARTS) is 1. The topological polar surface area (TPSA) is 92.4 Å². The van der Waals surface area contributed by atoms with E-state index in [2.05, 4.69) is 29.6 Å². The van der Waals surface area contributed by atoms with Gasteiger partial charge < -0.3 is 16.2 Å². The Morgan fingerprint density at radius 3 is 2.06 bits per heavy atom. The van der Waals surface area contributed by atoms with E-state index in [4.69, 9.17) is 15.6 Å². The van der Waals surface area contributed by atoms with Gasteiger partial charge in [-0.3, -0.25) is 4.79 Å². The third-order valence-electron chi connectivity index (χ3n) is 5.13. The fourth-order valence-corrected chi connectivity index (χ4v) is 3.41. The summed E-state index contributed by atoms with van der Waals surface area (Å²) < 4.78 is 31.7. The number of primary amides is 1. The van der Waals surface area contributed by atoms with Gasteiger partial charge in [-0.15, -0.1) is 0 Å². The summed E-state index contributed by atoms with van der Waals surface area (Å²) in [5.74, 6) is -3.14. The minimum atomic E-state index is -5.08. The molecule has 0 aliphatic heterocycles. The number of nitrogens with two attached hydrogens (primary N) is 1. The molecule has 0 spiro atoms. The molecule has 4 N–H and O–H groups in total. The highest BCUT2D eigenvalue weighted by Crippen LogP contribution is 2.22. The number of aliphatic carboxylic acids is 1. The molecule has 1 saturated carbocycles. The van der Waals surface area contributed by atoms with Crippen LogP contribution in [0.2, 0.25) is 0 Å². The molecule has 0 saturated heterocycles. The number of hydrogen-bond acceptors (Lipinski definition) is 3. The SMILES string of the molecule is NC(=O)c1cccc(-c2ccc(CNC3CCCCCC3)cc2)c1.O=C(O)C(F)(F)F. The average Bonchev–Trinajstić information content (AvgIpc) is 3.01. The van der Waals surface area contributed by atoms with E-state index in [1.54, 1.807) is 6.07 Å². The van der Waals surface area contributed by atoms with E-state index in [1.807, 2.05) is 18.2 Å².